The molecule has 0 saturated carbocycles. The van der Waals surface area contributed by atoms with E-state index in [0.29, 0.717) is 6.61 Å². The molecule has 0 aromatic heterocycles. The maximum atomic E-state index is 13.2. The van der Waals surface area contributed by atoms with E-state index < -0.39 is 17.5 Å². The van der Waals surface area contributed by atoms with E-state index >= 15 is 0 Å². The standard InChI is InChI=1S/C11H12F2O4/c1-16-5-6-17-9-4-2-3-8(7-9)11(12,13)10(14)15/h2-4,7H,5-6H2,1H3,(H,14,15). The van der Waals surface area contributed by atoms with Gasteiger partial charge in [0, 0.05) is 12.7 Å². The first-order valence-corrected chi connectivity index (χ1v) is 4.82. The molecule has 0 saturated heterocycles. The zero-order chi connectivity index (χ0) is 12.9. The van der Waals surface area contributed by atoms with E-state index in [1.54, 1.807) is 0 Å². The number of aliphatic carboxylic acids is 1. The lowest BCUT2D eigenvalue weighted by Gasteiger charge is -2.13. The maximum absolute atomic E-state index is 13.2. The molecule has 1 aromatic carbocycles. The molecule has 0 aliphatic rings. The van der Waals surface area contributed by atoms with Gasteiger partial charge in [0.25, 0.3) is 0 Å². The molecule has 0 radical (unpaired) electrons. The highest BCUT2D eigenvalue weighted by Gasteiger charge is 2.41. The summed E-state index contributed by atoms with van der Waals surface area (Å²) in [6.45, 7) is 0.526. The molecule has 0 amide bonds. The molecule has 0 unspecified atom stereocenters. The molecular formula is C11H12F2O4. The summed E-state index contributed by atoms with van der Waals surface area (Å²) in [5, 5.41) is 8.39. The van der Waals surface area contributed by atoms with Crippen molar-refractivity contribution in [3.8, 4) is 5.75 Å². The first-order valence-electron chi connectivity index (χ1n) is 4.82. The van der Waals surface area contributed by atoms with Gasteiger partial charge in [0.1, 0.15) is 12.4 Å². The van der Waals surface area contributed by atoms with Crippen LogP contribution >= 0.6 is 0 Å². The minimum Gasteiger partial charge on any atom is -0.491 e. The predicted octanol–water partition coefficient (Wildman–Crippen LogP) is 1.89. The van der Waals surface area contributed by atoms with Crippen LogP contribution in [0, 0.1) is 0 Å². The van der Waals surface area contributed by atoms with Gasteiger partial charge in [-0.3, -0.25) is 0 Å². The number of rotatable bonds is 6. The van der Waals surface area contributed by atoms with Crippen molar-refractivity contribution in [3.05, 3.63) is 29.8 Å². The number of carboxylic acid groups (broad SMARTS) is 1. The fourth-order valence-corrected chi connectivity index (χ4v) is 1.15. The number of carbonyl (C=O) groups is 1. The number of hydrogen-bond donors (Lipinski definition) is 1. The van der Waals surface area contributed by atoms with E-state index in [0.717, 1.165) is 12.1 Å². The van der Waals surface area contributed by atoms with Crippen LogP contribution in [0.1, 0.15) is 5.56 Å². The van der Waals surface area contributed by atoms with E-state index in [4.69, 9.17) is 14.6 Å². The Labute approximate surface area is 96.8 Å². The third-order valence-electron chi connectivity index (χ3n) is 2.02. The van der Waals surface area contributed by atoms with E-state index in [1.165, 1.54) is 19.2 Å². The fraction of sp³-hybridized carbons (Fsp3) is 0.364. The molecule has 4 nitrogen and oxygen atoms in total. The van der Waals surface area contributed by atoms with Gasteiger partial charge in [0.15, 0.2) is 0 Å². The topological polar surface area (TPSA) is 55.8 Å². The Morgan fingerprint density at radius 1 is 1.41 bits per heavy atom. The van der Waals surface area contributed by atoms with Crippen LogP contribution in [0.4, 0.5) is 8.78 Å². The van der Waals surface area contributed by atoms with Crippen LogP contribution in [0.25, 0.3) is 0 Å². The summed E-state index contributed by atoms with van der Waals surface area (Å²) < 4.78 is 36.2. The fourth-order valence-electron chi connectivity index (χ4n) is 1.15. The predicted molar refractivity (Wildman–Crippen MR) is 55.3 cm³/mol. The van der Waals surface area contributed by atoms with Crippen LogP contribution in [0.5, 0.6) is 5.75 Å². The lowest BCUT2D eigenvalue weighted by Crippen LogP contribution is -2.25. The second-order valence-corrected chi connectivity index (χ2v) is 3.25. The quantitative estimate of drug-likeness (QED) is 0.779. The molecule has 17 heavy (non-hydrogen) atoms. The SMILES string of the molecule is COCCOc1cccc(C(F)(F)C(=O)O)c1. The van der Waals surface area contributed by atoms with Gasteiger partial charge in [-0.25, -0.2) is 4.79 Å². The van der Waals surface area contributed by atoms with Gasteiger partial charge in [0.2, 0.25) is 0 Å². The van der Waals surface area contributed by atoms with Crippen LogP contribution in [-0.4, -0.2) is 31.4 Å². The molecule has 6 heteroatoms. The second kappa shape index (κ2) is 5.58. The number of halogens is 2. The van der Waals surface area contributed by atoms with E-state index in [2.05, 4.69) is 0 Å². The maximum Gasteiger partial charge on any atom is 0.379 e. The van der Waals surface area contributed by atoms with Crippen LogP contribution in [-0.2, 0) is 15.5 Å². The third kappa shape index (κ3) is 3.39. The lowest BCUT2D eigenvalue weighted by molar-refractivity contribution is -0.166. The van der Waals surface area contributed by atoms with E-state index in [-0.39, 0.29) is 12.4 Å². The Balaban J connectivity index is 2.82. The highest BCUT2D eigenvalue weighted by atomic mass is 19.3. The minimum absolute atomic E-state index is 0.181. The number of hydrogen-bond acceptors (Lipinski definition) is 3. The van der Waals surface area contributed by atoms with Gasteiger partial charge in [-0.2, -0.15) is 8.78 Å². The Morgan fingerprint density at radius 3 is 2.71 bits per heavy atom. The smallest absolute Gasteiger partial charge is 0.379 e. The molecule has 0 heterocycles. The van der Waals surface area contributed by atoms with Gasteiger partial charge in [-0.05, 0) is 12.1 Å². The Bertz CT molecular complexity index is 393. The van der Waals surface area contributed by atoms with Gasteiger partial charge in [0.05, 0.1) is 6.61 Å². The first kappa shape index (κ1) is 13.4. The van der Waals surface area contributed by atoms with Crippen LogP contribution in [0.15, 0.2) is 24.3 Å². The number of benzene rings is 1. The Kier molecular flexibility index (Phi) is 4.39. The van der Waals surface area contributed by atoms with E-state index in [9.17, 15) is 13.6 Å². The van der Waals surface area contributed by atoms with Gasteiger partial charge in [-0.15, -0.1) is 0 Å². The van der Waals surface area contributed by atoms with Crippen LogP contribution in [0.2, 0.25) is 0 Å². The molecule has 1 N–H and O–H groups in total. The summed E-state index contributed by atoms with van der Waals surface area (Å²) in [6, 6.07) is 4.83. The summed E-state index contributed by atoms with van der Waals surface area (Å²) in [5.74, 6) is -5.92. The second-order valence-electron chi connectivity index (χ2n) is 3.25. The average molecular weight is 246 g/mol. The van der Waals surface area contributed by atoms with Crippen LogP contribution < -0.4 is 4.74 Å². The van der Waals surface area contributed by atoms with Crippen molar-refractivity contribution < 1.29 is 28.2 Å². The Hall–Kier alpha value is -1.69. The third-order valence-corrected chi connectivity index (χ3v) is 2.02. The van der Waals surface area contributed by atoms with Crippen molar-refractivity contribution in [1.82, 2.24) is 0 Å². The lowest BCUT2D eigenvalue weighted by atomic mass is 10.1. The molecule has 0 aliphatic carbocycles. The summed E-state index contributed by atoms with van der Waals surface area (Å²) in [7, 11) is 1.48. The first-order chi connectivity index (χ1) is 7.98. The van der Waals surface area contributed by atoms with Crippen molar-refractivity contribution in [2.24, 2.45) is 0 Å². The number of ether oxygens (including phenoxy) is 2. The van der Waals surface area contributed by atoms with Gasteiger partial charge < -0.3 is 14.6 Å². The van der Waals surface area contributed by atoms with Crippen molar-refractivity contribution in [2.45, 2.75) is 5.92 Å². The molecule has 0 spiro atoms. The Morgan fingerprint density at radius 2 is 2.12 bits per heavy atom. The number of alkyl halides is 2. The highest BCUT2D eigenvalue weighted by molar-refractivity contribution is 5.77. The van der Waals surface area contributed by atoms with Crippen LogP contribution in [0.3, 0.4) is 0 Å². The van der Waals surface area contributed by atoms with Crippen molar-refractivity contribution in [2.75, 3.05) is 20.3 Å². The molecule has 0 atom stereocenters. The number of methoxy groups -OCH3 is 1. The zero-order valence-corrected chi connectivity index (χ0v) is 9.15. The van der Waals surface area contributed by atoms with E-state index in [1.807, 2.05) is 0 Å². The minimum atomic E-state index is -3.92. The van der Waals surface area contributed by atoms with Gasteiger partial charge in [-0.1, -0.05) is 12.1 Å². The highest BCUT2D eigenvalue weighted by Crippen LogP contribution is 2.30. The molecule has 0 aliphatic heterocycles. The summed E-state index contributed by atoms with van der Waals surface area (Å²) in [4.78, 5) is 10.4. The molecule has 1 aromatic rings. The van der Waals surface area contributed by atoms with Gasteiger partial charge >= 0.3 is 11.9 Å². The average Bonchev–Trinajstić information content (AvgIpc) is 2.29. The molecule has 0 fully saturated rings. The zero-order valence-electron chi connectivity index (χ0n) is 9.15. The molecule has 1 rings (SSSR count). The largest absolute Gasteiger partial charge is 0.491 e. The molecular weight excluding hydrogens is 234 g/mol. The summed E-state index contributed by atoms with van der Waals surface area (Å²) >= 11 is 0. The normalized spacial score (nSPS) is 11.2. The van der Waals surface area contributed by atoms with Crippen molar-refractivity contribution >= 4 is 5.97 Å². The number of carboxylic acids is 1. The van der Waals surface area contributed by atoms with Crippen molar-refractivity contribution in [1.29, 1.82) is 0 Å². The summed E-state index contributed by atoms with van der Waals surface area (Å²) in [5.41, 5.74) is -0.611. The monoisotopic (exact) mass is 246 g/mol. The summed E-state index contributed by atoms with van der Waals surface area (Å²) in [6.07, 6.45) is 0. The molecule has 94 valence electrons. The molecule has 0 bridgehead atoms. The van der Waals surface area contributed by atoms with Crippen molar-refractivity contribution in [3.63, 3.8) is 0 Å².